The highest BCUT2D eigenvalue weighted by Gasteiger charge is 2.27. The second-order valence-electron chi connectivity index (χ2n) is 18.9. The fourth-order valence-electron chi connectivity index (χ4n) is 7.60. The van der Waals surface area contributed by atoms with E-state index in [1.165, 1.54) is 180 Å². The molecule has 356 valence electrons. The van der Waals surface area contributed by atoms with Crippen molar-refractivity contribution < 1.29 is 32.9 Å². The van der Waals surface area contributed by atoms with Crippen LogP contribution in [0.1, 0.15) is 245 Å². The molecule has 9 heteroatoms. The first kappa shape index (κ1) is 59.0. The van der Waals surface area contributed by atoms with Crippen LogP contribution in [0.3, 0.4) is 0 Å². The summed E-state index contributed by atoms with van der Waals surface area (Å²) in [5, 5.41) is 13.7. The lowest BCUT2D eigenvalue weighted by Gasteiger charge is -2.25. The minimum Gasteiger partial charge on any atom is -0.387 e. The lowest BCUT2D eigenvalue weighted by Crippen LogP contribution is -2.45. The van der Waals surface area contributed by atoms with E-state index < -0.39 is 20.0 Å². The molecule has 0 heterocycles. The van der Waals surface area contributed by atoms with Gasteiger partial charge in [0.25, 0.3) is 0 Å². The molecule has 3 N–H and O–H groups in total. The van der Waals surface area contributed by atoms with Gasteiger partial charge in [0, 0.05) is 6.42 Å². The van der Waals surface area contributed by atoms with Gasteiger partial charge in [-0.3, -0.25) is 13.8 Å². The normalized spacial score (nSPS) is 14.3. The Labute approximate surface area is 373 Å². The number of quaternary nitrogens is 1. The molecule has 0 aromatic carbocycles. The summed E-state index contributed by atoms with van der Waals surface area (Å²) in [6.07, 6.45) is 53.3. The van der Waals surface area contributed by atoms with Crippen LogP contribution in [0.4, 0.5) is 0 Å². The number of phosphoric acid groups is 1. The van der Waals surface area contributed by atoms with E-state index in [9.17, 15) is 19.4 Å². The van der Waals surface area contributed by atoms with Crippen molar-refractivity contribution in [2.75, 3.05) is 40.9 Å². The van der Waals surface area contributed by atoms with Crippen LogP contribution in [0.2, 0.25) is 0 Å². The van der Waals surface area contributed by atoms with E-state index in [4.69, 9.17) is 9.05 Å². The summed E-state index contributed by atoms with van der Waals surface area (Å²) < 4.78 is 23.4. The Hall–Kier alpha value is -1.02. The minimum absolute atomic E-state index is 0.0575. The van der Waals surface area contributed by atoms with Gasteiger partial charge in [-0.25, -0.2) is 4.57 Å². The topological polar surface area (TPSA) is 105 Å². The Morgan fingerprint density at radius 3 is 1.30 bits per heavy atom. The molecule has 0 saturated carbocycles. The molecule has 0 aliphatic carbocycles. The summed E-state index contributed by atoms with van der Waals surface area (Å²) in [7, 11) is 1.56. The molecular formula is C51H102N2O6P+. The number of carbonyl (C=O) groups is 1. The summed E-state index contributed by atoms with van der Waals surface area (Å²) in [6.45, 7) is 4.70. The Morgan fingerprint density at radius 2 is 0.917 bits per heavy atom. The first-order chi connectivity index (χ1) is 29.0. The highest BCUT2D eigenvalue weighted by Crippen LogP contribution is 2.43. The Kier molecular flexibility index (Phi) is 42.5. The number of likely N-dealkylation sites (N-methyl/N-ethyl adjacent to an activating group) is 1. The largest absolute Gasteiger partial charge is 0.472 e. The quantitative estimate of drug-likeness (QED) is 0.0243. The van der Waals surface area contributed by atoms with Crippen molar-refractivity contribution >= 4 is 13.7 Å². The van der Waals surface area contributed by atoms with Crippen LogP contribution in [0.15, 0.2) is 24.3 Å². The Balaban J connectivity index is 3.86. The van der Waals surface area contributed by atoms with Crippen molar-refractivity contribution in [1.82, 2.24) is 5.32 Å². The van der Waals surface area contributed by atoms with Gasteiger partial charge in [-0.1, -0.05) is 237 Å². The molecular weight excluding hydrogens is 768 g/mol. The number of allylic oxidation sites excluding steroid dienone is 3. The maximum Gasteiger partial charge on any atom is 0.472 e. The molecule has 0 aromatic heterocycles. The molecule has 0 aliphatic rings. The van der Waals surface area contributed by atoms with Gasteiger partial charge in [0.05, 0.1) is 39.9 Å². The van der Waals surface area contributed by atoms with E-state index in [-0.39, 0.29) is 19.1 Å². The molecule has 0 aromatic rings. The maximum absolute atomic E-state index is 12.8. The highest BCUT2D eigenvalue weighted by molar-refractivity contribution is 7.47. The summed E-state index contributed by atoms with van der Waals surface area (Å²) >= 11 is 0. The van der Waals surface area contributed by atoms with Crippen LogP contribution in [0, 0.1) is 0 Å². The lowest BCUT2D eigenvalue weighted by atomic mass is 10.0. The van der Waals surface area contributed by atoms with E-state index in [0.29, 0.717) is 17.4 Å². The molecule has 0 rings (SSSR count). The summed E-state index contributed by atoms with van der Waals surface area (Å²) in [5.41, 5.74) is 0. The van der Waals surface area contributed by atoms with Gasteiger partial charge < -0.3 is 19.8 Å². The van der Waals surface area contributed by atoms with Crippen LogP contribution in [0.5, 0.6) is 0 Å². The van der Waals surface area contributed by atoms with Crippen molar-refractivity contribution in [3.05, 3.63) is 24.3 Å². The van der Waals surface area contributed by atoms with Gasteiger partial charge in [-0.15, -0.1) is 0 Å². The third-order valence-corrected chi connectivity index (χ3v) is 12.6. The van der Waals surface area contributed by atoms with Crippen LogP contribution in [0.25, 0.3) is 0 Å². The van der Waals surface area contributed by atoms with Gasteiger partial charge in [-0.2, -0.15) is 0 Å². The molecule has 0 bridgehead atoms. The number of nitrogens with zero attached hydrogens (tertiary/aromatic N) is 1. The van der Waals surface area contributed by atoms with E-state index in [0.717, 1.165) is 44.9 Å². The molecule has 0 aliphatic heterocycles. The monoisotopic (exact) mass is 870 g/mol. The zero-order valence-electron chi connectivity index (χ0n) is 40.5. The van der Waals surface area contributed by atoms with Crippen LogP contribution in [-0.4, -0.2) is 73.4 Å². The molecule has 8 nitrogen and oxygen atoms in total. The average Bonchev–Trinajstić information content (AvgIpc) is 3.20. The van der Waals surface area contributed by atoms with E-state index in [2.05, 4.69) is 31.3 Å². The minimum atomic E-state index is -4.33. The van der Waals surface area contributed by atoms with Crippen molar-refractivity contribution in [2.24, 2.45) is 0 Å². The number of aliphatic hydroxyl groups excluding tert-OH is 1. The molecule has 1 amide bonds. The molecule has 0 saturated heterocycles. The Bertz CT molecular complexity index is 1030. The Morgan fingerprint density at radius 1 is 0.550 bits per heavy atom. The number of hydrogen-bond donors (Lipinski definition) is 3. The van der Waals surface area contributed by atoms with E-state index >= 15 is 0 Å². The number of nitrogens with one attached hydrogen (secondary N) is 1. The summed E-state index contributed by atoms with van der Waals surface area (Å²) in [4.78, 5) is 23.0. The van der Waals surface area contributed by atoms with Crippen LogP contribution < -0.4 is 5.32 Å². The summed E-state index contributed by atoms with van der Waals surface area (Å²) in [6, 6.07) is -0.856. The molecule has 60 heavy (non-hydrogen) atoms. The highest BCUT2D eigenvalue weighted by atomic mass is 31.2. The number of unbranched alkanes of at least 4 members (excludes halogenated alkanes) is 32. The van der Waals surface area contributed by atoms with Gasteiger partial charge in [-0.05, 0) is 25.7 Å². The van der Waals surface area contributed by atoms with Gasteiger partial charge in [0.15, 0.2) is 0 Å². The maximum atomic E-state index is 12.8. The second-order valence-corrected chi connectivity index (χ2v) is 20.4. The first-order valence-electron chi connectivity index (χ1n) is 25.7. The molecule has 3 unspecified atom stereocenters. The number of phosphoric ester groups is 1. The SMILES string of the molecule is CCC/C=C/CC/C=C/C(O)C(COP(=O)(O)OCC[N+](C)(C)C)NC(=O)CCCCCCCCCCCCCCCCCCCCCCCCCCCCCCCCC. The average molecular weight is 870 g/mol. The molecule has 0 spiro atoms. The fraction of sp³-hybridized carbons (Fsp3) is 0.902. The van der Waals surface area contributed by atoms with Gasteiger partial charge in [0.2, 0.25) is 5.91 Å². The third-order valence-electron chi connectivity index (χ3n) is 11.7. The fourth-order valence-corrected chi connectivity index (χ4v) is 8.33. The first-order valence-corrected chi connectivity index (χ1v) is 27.2. The second kappa shape index (κ2) is 43.2. The van der Waals surface area contributed by atoms with Crippen LogP contribution in [-0.2, 0) is 18.4 Å². The smallest absolute Gasteiger partial charge is 0.387 e. The lowest BCUT2D eigenvalue weighted by molar-refractivity contribution is -0.870. The van der Waals surface area contributed by atoms with Gasteiger partial charge >= 0.3 is 7.82 Å². The molecule has 0 radical (unpaired) electrons. The van der Waals surface area contributed by atoms with Crippen molar-refractivity contribution in [3.63, 3.8) is 0 Å². The predicted octanol–water partition coefficient (Wildman–Crippen LogP) is 14.9. The zero-order chi connectivity index (χ0) is 44.3. The molecule has 0 fully saturated rings. The number of aliphatic hydroxyl groups is 1. The van der Waals surface area contributed by atoms with Crippen LogP contribution >= 0.6 is 7.82 Å². The van der Waals surface area contributed by atoms with E-state index in [1.54, 1.807) is 6.08 Å². The van der Waals surface area contributed by atoms with Crippen molar-refractivity contribution in [1.29, 1.82) is 0 Å². The predicted molar refractivity (Wildman–Crippen MR) is 258 cm³/mol. The van der Waals surface area contributed by atoms with Crippen molar-refractivity contribution in [3.8, 4) is 0 Å². The number of carbonyl (C=O) groups excluding carboxylic acids is 1. The zero-order valence-corrected chi connectivity index (χ0v) is 41.4. The summed E-state index contributed by atoms with van der Waals surface area (Å²) in [5.74, 6) is -0.187. The standard InChI is InChI=1S/C51H101N2O6P/c1-6-8-10-12-14-15-16-17-18-19-20-21-22-23-24-25-26-27-28-29-30-31-32-33-34-35-36-37-39-41-43-45-51(55)52-49(50(54)44-42-40-38-13-11-9-7-2)48-59-60(56,57)58-47-46-53(3,4)5/h11,13,42,44,49-50,54H,6-10,12,14-41,43,45-48H2,1-5H3,(H-,52,55,56,57)/p+1/b13-11+,44-42+. The number of rotatable bonds is 47. The number of amides is 1. The number of hydrogen-bond acceptors (Lipinski definition) is 5. The third kappa shape index (κ3) is 45.0. The van der Waals surface area contributed by atoms with Crippen molar-refractivity contribution in [2.45, 2.75) is 257 Å². The molecule has 3 atom stereocenters. The van der Waals surface area contributed by atoms with E-state index in [1.807, 2.05) is 27.2 Å². The van der Waals surface area contributed by atoms with Gasteiger partial charge in [0.1, 0.15) is 13.2 Å².